The number of rotatable bonds is 8. The Bertz CT molecular complexity index is 346. The largest absolute Gasteiger partial charge is 0.382 e. The Morgan fingerprint density at radius 2 is 2.17 bits per heavy atom. The highest BCUT2D eigenvalue weighted by Crippen LogP contribution is 2.14. The van der Waals surface area contributed by atoms with Crippen molar-refractivity contribution >= 4 is 15.9 Å². The molecule has 2 unspecified atom stereocenters. The van der Waals surface area contributed by atoms with Gasteiger partial charge >= 0.3 is 0 Å². The van der Waals surface area contributed by atoms with Crippen LogP contribution >= 0.6 is 15.9 Å². The average molecular weight is 315 g/mol. The topological polar surface area (TPSA) is 34.1 Å². The van der Waals surface area contributed by atoms with Crippen molar-refractivity contribution in [3.63, 3.8) is 0 Å². The lowest BCUT2D eigenvalue weighted by atomic mass is 10.0. The Kier molecular flexibility index (Phi) is 7.47. The maximum absolute atomic E-state index is 5.30. The molecule has 3 nitrogen and oxygen atoms in total. The number of ether oxygens (including phenoxy) is 1. The van der Waals surface area contributed by atoms with Gasteiger partial charge in [-0.2, -0.15) is 0 Å². The molecular formula is C14H23BrN2O. The van der Waals surface area contributed by atoms with E-state index >= 15 is 0 Å². The monoisotopic (exact) mass is 314 g/mol. The van der Waals surface area contributed by atoms with Crippen molar-refractivity contribution in [3.8, 4) is 0 Å². The van der Waals surface area contributed by atoms with E-state index in [1.165, 1.54) is 5.56 Å². The second kappa shape index (κ2) is 8.62. The van der Waals surface area contributed by atoms with Gasteiger partial charge in [-0.05, 0) is 60.3 Å². The van der Waals surface area contributed by atoms with Gasteiger partial charge in [0.2, 0.25) is 0 Å². The fraction of sp³-hybridized carbons (Fsp3) is 0.643. The number of methoxy groups -OCH3 is 1. The van der Waals surface area contributed by atoms with E-state index in [0.29, 0.717) is 12.1 Å². The summed E-state index contributed by atoms with van der Waals surface area (Å²) < 4.78 is 6.34. The van der Waals surface area contributed by atoms with E-state index in [2.05, 4.69) is 46.1 Å². The van der Waals surface area contributed by atoms with Gasteiger partial charge in [0.1, 0.15) is 0 Å². The molecule has 0 radical (unpaired) electrons. The van der Waals surface area contributed by atoms with Crippen LogP contribution in [0.15, 0.2) is 22.9 Å². The third-order valence-electron chi connectivity index (χ3n) is 3.06. The molecule has 4 heteroatoms. The summed E-state index contributed by atoms with van der Waals surface area (Å²) in [4.78, 5) is 4.21. The van der Waals surface area contributed by atoms with Gasteiger partial charge in [-0.15, -0.1) is 0 Å². The highest BCUT2D eigenvalue weighted by molar-refractivity contribution is 9.10. The van der Waals surface area contributed by atoms with Crippen LogP contribution < -0.4 is 5.32 Å². The molecule has 0 fully saturated rings. The van der Waals surface area contributed by atoms with Crippen LogP contribution in [0.4, 0.5) is 0 Å². The molecule has 102 valence electrons. The predicted octanol–water partition coefficient (Wildman–Crippen LogP) is 3.18. The Morgan fingerprint density at radius 3 is 2.78 bits per heavy atom. The fourth-order valence-electron chi connectivity index (χ4n) is 1.97. The SMILES string of the molecule is CCNC(CCC(C)OC)Cc1cncc(Br)c1. The zero-order chi connectivity index (χ0) is 13.4. The van der Waals surface area contributed by atoms with Crippen LogP contribution in [0.5, 0.6) is 0 Å². The summed E-state index contributed by atoms with van der Waals surface area (Å²) in [5, 5.41) is 3.53. The van der Waals surface area contributed by atoms with Crippen LogP contribution in [-0.2, 0) is 11.2 Å². The normalized spacial score (nSPS) is 14.4. The van der Waals surface area contributed by atoms with Gasteiger partial charge in [-0.25, -0.2) is 0 Å². The molecule has 0 saturated carbocycles. The zero-order valence-electron chi connectivity index (χ0n) is 11.4. The van der Waals surface area contributed by atoms with Crippen LogP contribution in [0.25, 0.3) is 0 Å². The lowest BCUT2D eigenvalue weighted by Gasteiger charge is -2.19. The second-order valence-corrected chi connectivity index (χ2v) is 5.51. The first kappa shape index (κ1) is 15.6. The number of likely N-dealkylation sites (N-methyl/N-ethyl adjacent to an activating group) is 1. The fourth-order valence-corrected chi connectivity index (χ4v) is 2.38. The number of nitrogens with zero attached hydrogens (tertiary/aromatic N) is 1. The lowest BCUT2D eigenvalue weighted by molar-refractivity contribution is 0.106. The smallest absolute Gasteiger partial charge is 0.0543 e. The Hall–Kier alpha value is -0.450. The average Bonchev–Trinajstić information content (AvgIpc) is 2.36. The molecule has 0 spiro atoms. The van der Waals surface area contributed by atoms with E-state index < -0.39 is 0 Å². The van der Waals surface area contributed by atoms with Crippen molar-refractivity contribution in [2.75, 3.05) is 13.7 Å². The number of hydrogen-bond acceptors (Lipinski definition) is 3. The van der Waals surface area contributed by atoms with E-state index in [0.717, 1.165) is 30.3 Å². The molecule has 0 saturated heterocycles. The zero-order valence-corrected chi connectivity index (χ0v) is 13.0. The van der Waals surface area contributed by atoms with E-state index in [1.54, 1.807) is 7.11 Å². The second-order valence-electron chi connectivity index (χ2n) is 4.59. The number of aromatic nitrogens is 1. The van der Waals surface area contributed by atoms with Crippen LogP contribution in [0.3, 0.4) is 0 Å². The summed E-state index contributed by atoms with van der Waals surface area (Å²) in [6.07, 6.45) is 7.29. The van der Waals surface area contributed by atoms with Crippen LogP contribution in [0, 0.1) is 0 Å². The first-order valence-corrected chi connectivity index (χ1v) is 7.30. The van der Waals surface area contributed by atoms with Crippen molar-refractivity contribution in [2.24, 2.45) is 0 Å². The summed E-state index contributed by atoms with van der Waals surface area (Å²) in [5.41, 5.74) is 1.26. The predicted molar refractivity (Wildman–Crippen MR) is 78.8 cm³/mol. The maximum Gasteiger partial charge on any atom is 0.0543 e. The molecule has 0 amide bonds. The van der Waals surface area contributed by atoms with Gasteiger partial charge in [0.25, 0.3) is 0 Å². The first-order chi connectivity index (χ1) is 8.65. The van der Waals surface area contributed by atoms with Gasteiger partial charge in [0, 0.05) is 30.0 Å². The van der Waals surface area contributed by atoms with Crippen LogP contribution in [0.1, 0.15) is 32.3 Å². The van der Waals surface area contributed by atoms with E-state index in [1.807, 2.05) is 12.4 Å². The minimum atomic E-state index is 0.326. The third-order valence-corrected chi connectivity index (χ3v) is 3.49. The molecule has 0 bridgehead atoms. The molecule has 0 aliphatic carbocycles. The standard InChI is InChI=1S/C14H23BrN2O/c1-4-17-14(6-5-11(2)18-3)8-12-7-13(15)10-16-9-12/h7,9-11,14,17H,4-6,8H2,1-3H3. The molecule has 18 heavy (non-hydrogen) atoms. The maximum atomic E-state index is 5.30. The van der Waals surface area contributed by atoms with Gasteiger partial charge in [0.15, 0.2) is 0 Å². The molecule has 1 rings (SSSR count). The van der Waals surface area contributed by atoms with E-state index in [-0.39, 0.29) is 0 Å². The summed E-state index contributed by atoms with van der Waals surface area (Å²) in [6.45, 7) is 5.25. The quantitative estimate of drug-likeness (QED) is 0.800. The van der Waals surface area contributed by atoms with Crippen molar-refractivity contribution < 1.29 is 4.74 Å². The minimum absolute atomic E-state index is 0.326. The van der Waals surface area contributed by atoms with Crippen molar-refractivity contribution in [3.05, 3.63) is 28.5 Å². The van der Waals surface area contributed by atoms with Crippen molar-refractivity contribution in [1.82, 2.24) is 10.3 Å². The number of pyridine rings is 1. The summed E-state index contributed by atoms with van der Waals surface area (Å²) in [7, 11) is 1.77. The van der Waals surface area contributed by atoms with Gasteiger partial charge in [-0.3, -0.25) is 4.98 Å². The van der Waals surface area contributed by atoms with Crippen LogP contribution in [0.2, 0.25) is 0 Å². The molecule has 0 aliphatic rings. The van der Waals surface area contributed by atoms with E-state index in [9.17, 15) is 0 Å². The molecule has 1 heterocycles. The molecule has 1 aromatic heterocycles. The molecule has 0 aliphatic heterocycles. The Balaban J connectivity index is 2.51. The Morgan fingerprint density at radius 1 is 1.39 bits per heavy atom. The molecule has 0 aromatic carbocycles. The third kappa shape index (κ3) is 5.94. The number of halogens is 1. The van der Waals surface area contributed by atoms with Gasteiger partial charge < -0.3 is 10.1 Å². The molecule has 1 N–H and O–H groups in total. The van der Waals surface area contributed by atoms with Crippen molar-refractivity contribution in [2.45, 2.75) is 45.3 Å². The highest BCUT2D eigenvalue weighted by atomic mass is 79.9. The summed E-state index contributed by atoms with van der Waals surface area (Å²) in [5.74, 6) is 0. The Labute approximate surface area is 118 Å². The van der Waals surface area contributed by atoms with Crippen molar-refractivity contribution in [1.29, 1.82) is 0 Å². The minimum Gasteiger partial charge on any atom is -0.382 e. The van der Waals surface area contributed by atoms with E-state index in [4.69, 9.17) is 4.74 Å². The highest BCUT2D eigenvalue weighted by Gasteiger charge is 2.11. The molecular weight excluding hydrogens is 292 g/mol. The number of nitrogens with one attached hydrogen (secondary N) is 1. The molecule has 2 atom stereocenters. The lowest BCUT2D eigenvalue weighted by Crippen LogP contribution is -2.32. The first-order valence-electron chi connectivity index (χ1n) is 6.51. The summed E-state index contributed by atoms with van der Waals surface area (Å²) in [6, 6.07) is 2.63. The number of hydrogen-bond donors (Lipinski definition) is 1. The summed E-state index contributed by atoms with van der Waals surface area (Å²) >= 11 is 3.46. The van der Waals surface area contributed by atoms with Crippen LogP contribution in [-0.4, -0.2) is 30.8 Å². The van der Waals surface area contributed by atoms with Gasteiger partial charge in [0.05, 0.1) is 6.10 Å². The molecule has 1 aromatic rings. The van der Waals surface area contributed by atoms with Gasteiger partial charge in [-0.1, -0.05) is 6.92 Å².